The third kappa shape index (κ3) is 5.64. The van der Waals surface area contributed by atoms with Gasteiger partial charge in [0.15, 0.2) is 0 Å². The molecule has 2 unspecified atom stereocenters. The van der Waals surface area contributed by atoms with E-state index >= 15 is 0 Å². The topological polar surface area (TPSA) is 50.4 Å². The van der Waals surface area contributed by atoms with Crippen molar-refractivity contribution in [2.24, 2.45) is 0 Å². The summed E-state index contributed by atoms with van der Waals surface area (Å²) in [4.78, 5) is 12.0. The number of hydrogen-bond donors (Lipinski definition) is 2. The molecule has 1 amide bonds. The maximum atomic E-state index is 12.0. The monoisotopic (exact) mass is 352 g/mol. The van der Waals surface area contributed by atoms with Gasteiger partial charge in [-0.3, -0.25) is 4.79 Å². The summed E-state index contributed by atoms with van der Waals surface area (Å²) in [6, 6.07) is 5.35. The molecule has 118 valence electrons. The Morgan fingerprint density at radius 1 is 1.48 bits per heavy atom. The quantitative estimate of drug-likeness (QED) is 0.875. The lowest BCUT2D eigenvalue weighted by Gasteiger charge is -2.24. The number of carbonyl (C=O) groups excluding carboxylic acids is 1. The van der Waals surface area contributed by atoms with Crippen LogP contribution in [0, 0.1) is 0 Å². The standard InChI is InChI=1S/C14H18Cl2N2O2.ClH/c1-9(10-2-3-12(15)13(16)6-10)18-14(19)7-11-8-20-5-4-17-11;/h2-3,6,9,11,17H,4-5,7-8H2,1H3,(H,18,19);1H. The van der Waals surface area contributed by atoms with E-state index in [4.69, 9.17) is 27.9 Å². The Bertz CT molecular complexity index is 479. The van der Waals surface area contributed by atoms with Crippen LogP contribution in [0.2, 0.25) is 10.0 Å². The Balaban J connectivity index is 0.00000220. The van der Waals surface area contributed by atoms with E-state index in [-0.39, 0.29) is 30.4 Å². The molecule has 2 N–H and O–H groups in total. The molecule has 0 saturated carbocycles. The Morgan fingerprint density at radius 2 is 2.24 bits per heavy atom. The molecule has 1 saturated heterocycles. The van der Waals surface area contributed by atoms with Gasteiger partial charge in [-0.25, -0.2) is 0 Å². The van der Waals surface area contributed by atoms with Crippen LogP contribution >= 0.6 is 35.6 Å². The molecule has 1 aromatic carbocycles. The third-order valence-electron chi connectivity index (χ3n) is 3.25. The fraction of sp³-hybridized carbons (Fsp3) is 0.500. The van der Waals surface area contributed by atoms with Crippen LogP contribution in [0.25, 0.3) is 0 Å². The molecule has 7 heteroatoms. The molecular weight excluding hydrogens is 335 g/mol. The van der Waals surface area contributed by atoms with Crippen molar-refractivity contribution in [3.63, 3.8) is 0 Å². The van der Waals surface area contributed by atoms with Crippen molar-refractivity contribution in [3.8, 4) is 0 Å². The number of nitrogens with one attached hydrogen (secondary N) is 2. The van der Waals surface area contributed by atoms with Gasteiger partial charge in [0.25, 0.3) is 0 Å². The Kier molecular flexibility index (Phi) is 7.77. The summed E-state index contributed by atoms with van der Waals surface area (Å²) in [7, 11) is 0. The molecule has 1 aliphatic rings. The van der Waals surface area contributed by atoms with Crippen molar-refractivity contribution in [3.05, 3.63) is 33.8 Å². The van der Waals surface area contributed by atoms with Crippen molar-refractivity contribution < 1.29 is 9.53 Å². The molecule has 0 aromatic heterocycles. The van der Waals surface area contributed by atoms with Gasteiger partial charge >= 0.3 is 0 Å². The number of halogens is 3. The highest BCUT2D eigenvalue weighted by Gasteiger charge is 2.18. The average Bonchev–Trinajstić information content (AvgIpc) is 2.42. The van der Waals surface area contributed by atoms with Gasteiger partial charge in [0.2, 0.25) is 5.91 Å². The van der Waals surface area contributed by atoms with Crippen molar-refractivity contribution in [1.82, 2.24) is 10.6 Å². The number of morpholine rings is 1. The van der Waals surface area contributed by atoms with E-state index in [1.807, 2.05) is 13.0 Å². The summed E-state index contributed by atoms with van der Waals surface area (Å²) in [6.45, 7) is 3.99. The zero-order valence-corrected chi connectivity index (χ0v) is 14.0. The van der Waals surface area contributed by atoms with Crippen LogP contribution in [0.4, 0.5) is 0 Å². The second-order valence-corrected chi connectivity index (χ2v) is 5.71. The molecule has 1 fully saturated rings. The van der Waals surface area contributed by atoms with Gasteiger partial charge < -0.3 is 15.4 Å². The number of rotatable bonds is 4. The van der Waals surface area contributed by atoms with Crippen LogP contribution in [0.1, 0.15) is 24.9 Å². The van der Waals surface area contributed by atoms with Gasteiger partial charge in [-0.2, -0.15) is 0 Å². The molecule has 0 radical (unpaired) electrons. The summed E-state index contributed by atoms with van der Waals surface area (Å²) in [5.74, 6) is -0.00780. The lowest BCUT2D eigenvalue weighted by Crippen LogP contribution is -2.44. The maximum Gasteiger partial charge on any atom is 0.222 e. The highest BCUT2D eigenvalue weighted by Crippen LogP contribution is 2.25. The van der Waals surface area contributed by atoms with E-state index < -0.39 is 0 Å². The number of hydrogen-bond acceptors (Lipinski definition) is 3. The lowest BCUT2D eigenvalue weighted by molar-refractivity contribution is -0.122. The molecule has 0 spiro atoms. The first-order chi connectivity index (χ1) is 9.56. The number of amides is 1. The fourth-order valence-electron chi connectivity index (χ4n) is 2.14. The first kappa shape index (κ1) is 18.5. The summed E-state index contributed by atoms with van der Waals surface area (Å²) in [5, 5.41) is 7.21. The van der Waals surface area contributed by atoms with E-state index in [1.165, 1.54) is 0 Å². The number of carbonyl (C=O) groups is 1. The van der Waals surface area contributed by atoms with E-state index in [0.29, 0.717) is 29.7 Å². The first-order valence-electron chi connectivity index (χ1n) is 6.61. The zero-order chi connectivity index (χ0) is 14.5. The van der Waals surface area contributed by atoms with Gasteiger partial charge in [-0.1, -0.05) is 29.3 Å². The minimum Gasteiger partial charge on any atom is -0.378 e. The van der Waals surface area contributed by atoms with Gasteiger partial charge in [0, 0.05) is 19.0 Å². The second kappa shape index (κ2) is 8.81. The van der Waals surface area contributed by atoms with Crippen LogP contribution in [-0.4, -0.2) is 31.7 Å². The first-order valence-corrected chi connectivity index (χ1v) is 7.37. The molecule has 21 heavy (non-hydrogen) atoms. The zero-order valence-electron chi connectivity index (χ0n) is 11.7. The highest BCUT2D eigenvalue weighted by molar-refractivity contribution is 6.42. The summed E-state index contributed by atoms with van der Waals surface area (Å²) < 4.78 is 5.33. The summed E-state index contributed by atoms with van der Waals surface area (Å²) >= 11 is 11.9. The highest BCUT2D eigenvalue weighted by atomic mass is 35.5. The Labute approximate surface area is 140 Å². The molecule has 0 aliphatic carbocycles. The van der Waals surface area contributed by atoms with Crippen molar-refractivity contribution in [1.29, 1.82) is 0 Å². The molecule has 4 nitrogen and oxygen atoms in total. The van der Waals surface area contributed by atoms with Gasteiger partial charge in [-0.15, -0.1) is 12.4 Å². The Morgan fingerprint density at radius 3 is 2.86 bits per heavy atom. The second-order valence-electron chi connectivity index (χ2n) is 4.89. The predicted octanol–water partition coefficient (Wildman–Crippen LogP) is 2.97. The number of ether oxygens (including phenoxy) is 1. The SMILES string of the molecule is CC(NC(=O)CC1COCCN1)c1ccc(Cl)c(Cl)c1.Cl. The van der Waals surface area contributed by atoms with E-state index in [2.05, 4.69) is 10.6 Å². The minimum atomic E-state index is -0.109. The maximum absolute atomic E-state index is 12.0. The third-order valence-corrected chi connectivity index (χ3v) is 3.99. The predicted molar refractivity (Wildman–Crippen MR) is 87.5 cm³/mol. The Hall–Kier alpha value is -0.520. The molecule has 1 aromatic rings. The summed E-state index contributed by atoms with van der Waals surface area (Å²) in [6.07, 6.45) is 0.408. The smallest absolute Gasteiger partial charge is 0.222 e. The largest absolute Gasteiger partial charge is 0.378 e. The van der Waals surface area contributed by atoms with Crippen molar-refractivity contribution in [2.75, 3.05) is 19.8 Å². The van der Waals surface area contributed by atoms with Crippen LogP contribution < -0.4 is 10.6 Å². The van der Waals surface area contributed by atoms with E-state index in [0.717, 1.165) is 12.1 Å². The van der Waals surface area contributed by atoms with E-state index in [1.54, 1.807) is 12.1 Å². The normalized spacial score (nSPS) is 19.5. The van der Waals surface area contributed by atoms with Crippen molar-refractivity contribution in [2.45, 2.75) is 25.4 Å². The van der Waals surface area contributed by atoms with Crippen molar-refractivity contribution >= 4 is 41.5 Å². The molecule has 1 aliphatic heterocycles. The van der Waals surface area contributed by atoms with Gasteiger partial charge in [0.05, 0.1) is 29.3 Å². The molecule has 2 rings (SSSR count). The van der Waals surface area contributed by atoms with Crippen LogP contribution in [0.5, 0.6) is 0 Å². The lowest BCUT2D eigenvalue weighted by atomic mass is 10.1. The number of benzene rings is 1. The average molecular weight is 354 g/mol. The van der Waals surface area contributed by atoms with Crippen LogP contribution in [0.3, 0.4) is 0 Å². The molecular formula is C14H19Cl3N2O2. The fourth-order valence-corrected chi connectivity index (χ4v) is 2.45. The molecule has 1 heterocycles. The minimum absolute atomic E-state index is 0. The van der Waals surface area contributed by atoms with Gasteiger partial charge in [0.1, 0.15) is 0 Å². The molecule has 0 bridgehead atoms. The summed E-state index contributed by atoms with van der Waals surface area (Å²) in [5.41, 5.74) is 0.931. The molecule has 2 atom stereocenters. The van der Waals surface area contributed by atoms with E-state index in [9.17, 15) is 4.79 Å². The van der Waals surface area contributed by atoms with Crippen LogP contribution in [-0.2, 0) is 9.53 Å². The van der Waals surface area contributed by atoms with Crippen LogP contribution in [0.15, 0.2) is 18.2 Å². The van der Waals surface area contributed by atoms with Gasteiger partial charge in [-0.05, 0) is 24.6 Å².